The van der Waals surface area contributed by atoms with Crippen molar-refractivity contribution in [2.75, 3.05) is 25.1 Å². The molecule has 20 heavy (non-hydrogen) atoms. The third-order valence-electron chi connectivity index (χ3n) is 3.36. The molecule has 1 aliphatic heterocycles. The minimum atomic E-state index is 0.0100. The van der Waals surface area contributed by atoms with Crippen LogP contribution in [-0.4, -0.2) is 48.0 Å². The van der Waals surface area contributed by atoms with Crippen LogP contribution in [0, 0.1) is 0 Å². The fraction of sp³-hybridized carbons (Fsp3) is 0.533. The lowest BCUT2D eigenvalue weighted by Gasteiger charge is -2.37. The predicted molar refractivity (Wildman–Crippen MR) is 81.6 cm³/mol. The third kappa shape index (κ3) is 3.33. The van der Waals surface area contributed by atoms with E-state index in [1.807, 2.05) is 43.0 Å². The molecule has 0 radical (unpaired) electrons. The molecule has 1 amide bonds. The van der Waals surface area contributed by atoms with Crippen LogP contribution in [0.25, 0.3) is 0 Å². The van der Waals surface area contributed by atoms with Crippen LogP contribution >= 0.6 is 15.9 Å². The van der Waals surface area contributed by atoms with Crippen molar-refractivity contribution in [2.45, 2.75) is 26.0 Å². The summed E-state index contributed by atoms with van der Waals surface area (Å²) in [7, 11) is 0. The van der Waals surface area contributed by atoms with Gasteiger partial charge in [0.1, 0.15) is 5.75 Å². The van der Waals surface area contributed by atoms with E-state index in [9.17, 15) is 4.79 Å². The number of hydrogen-bond donors (Lipinski definition) is 0. The Bertz CT molecular complexity index is 466. The van der Waals surface area contributed by atoms with Crippen molar-refractivity contribution in [2.24, 2.45) is 0 Å². The molecule has 1 fully saturated rings. The summed E-state index contributed by atoms with van der Waals surface area (Å²) in [6.45, 7) is 5.64. The Labute approximate surface area is 128 Å². The van der Waals surface area contributed by atoms with Gasteiger partial charge in [0.25, 0.3) is 5.91 Å². The number of alkyl halides is 1. The molecule has 2 rings (SSSR count). The summed E-state index contributed by atoms with van der Waals surface area (Å²) in [5.41, 5.74) is 0.622. The van der Waals surface area contributed by atoms with E-state index >= 15 is 0 Å². The normalized spacial score (nSPS) is 22.6. The third-order valence-corrected chi connectivity index (χ3v) is 4.08. The van der Waals surface area contributed by atoms with Crippen LogP contribution in [-0.2, 0) is 4.74 Å². The van der Waals surface area contributed by atoms with Crippen molar-refractivity contribution in [1.82, 2.24) is 4.90 Å². The highest BCUT2D eigenvalue weighted by molar-refractivity contribution is 9.09. The van der Waals surface area contributed by atoms with Crippen molar-refractivity contribution in [1.29, 1.82) is 0 Å². The Morgan fingerprint density at radius 1 is 1.50 bits per heavy atom. The topological polar surface area (TPSA) is 38.8 Å². The van der Waals surface area contributed by atoms with Gasteiger partial charge in [-0.3, -0.25) is 4.79 Å². The monoisotopic (exact) mass is 341 g/mol. The highest BCUT2D eigenvalue weighted by atomic mass is 79.9. The fourth-order valence-electron chi connectivity index (χ4n) is 2.27. The summed E-state index contributed by atoms with van der Waals surface area (Å²) in [6, 6.07) is 7.48. The van der Waals surface area contributed by atoms with Gasteiger partial charge in [-0.1, -0.05) is 28.1 Å². The van der Waals surface area contributed by atoms with E-state index in [4.69, 9.17) is 9.47 Å². The van der Waals surface area contributed by atoms with Crippen molar-refractivity contribution >= 4 is 21.8 Å². The van der Waals surface area contributed by atoms with Crippen molar-refractivity contribution in [3.05, 3.63) is 29.8 Å². The first-order valence-corrected chi connectivity index (χ1v) is 7.99. The SMILES string of the molecule is CCOc1ccccc1C(=O)N1CC(CBr)OCC1C. The Kier molecular flexibility index (Phi) is 5.43. The van der Waals surface area contributed by atoms with E-state index in [-0.39, 0.29) is 18.1 Å². The maximum atomic E-state index is 12.7. The maximum Gasteiger partial charge on any atom is 0.258 e. The Hall–Kier alpha value is -1.07. The molecular weight excluding hydrogens is 322 g/mol. The first-order chi connectivity index (χ1) is 9.67. The van der Waals surface area contributed by atoms with Gasteiger partial charge >= 0.3 is 0 Å². The minimum absolute atomic E-state index is 0.0100. The summed E-state index contributed by atoms with van der Waals surface area (Å²) < 4.78 is 11.2. The van der Waals surface area contributed by atoms with Crippen LogP contribution in [0.1, 0.15) is 24.2 Å². The maximum absolute atomic E-state index is 12.7. The second-order valence-corrected chi connectivity index (χ2v) is 5.49. The molecule has 4 nitrogen and oxygen atoms in total. The lowest BCUT2D eigenvalue weighted by molar-refractivity contribution is -0.0362. The molecule has 1 saturated heterocycles. The predicted octanol–water partition coefficient (Wildman–Crippen LogP) is 2.71. The van der Waals surface area contributed by atoms with E-state index in [0.29, 0.717) is 31.1 Å². The smallest absolute Gasteiger partial charge is 0.258 e. The number of para-hydroxylation sites is 1. The second kappa shape index (κ2) is 7.09. The number of ether oxygens (including phenoxy) is 2. The van der Waals surface area contributed by atoms with Crippen LogP contribution in [0.5, 0.6) is 5.75 Å². The highest BCUT2D eigenvalue weighted by Gasteiger charge is 2.30. The summed E-state index contributed by atoms with van der Waals surface area (Å²) >= 11 is 3.42. The van der Waals surface area contributed by atoms with Gasteiger partial charge < -0.3 is 14.4 Å². The van der Waals surface area contributed by atoms with Gasteiger partial charge in [0.15, 0.2) is 0 Å². The van der Waals surface area contributed by atoms with Crippen LogP contribution in [0.3, 0.4) is 0 Å². The number of carbonyl (C=O) groups is 1. The van der Waals surface area contributed by atoms with Crippen molar-refractivity contribution < 1.29 is 14.3 Å². The number of halogens is 1. The van der Waals surface area contributed by atoms with E-state index in [1.165, 1.54) is 0 Å². The average molecular weight is 342 g/mol. The molecule has 110 valence electrons. The first-order valence-electron chi connectivity index (χ1n) is 6.87. The summed E-state index contributed by atoms with van der Waals surface area (Å²) in [5, 5.41) is 0.733. The summed E-state index contributed by atoms with van der Waals surface area (Å²) in [4.78, 5) is 14.6. The number of hydrogen-bond acceptors (Lipinski definition) is 3. The number of rotatable bonds is 4. The summed E-state index contributed by atoms with van der Waals surface area (Å²) in [6.07, 6.45) is 0.0504. The first kappa shape index (κ1) is 15.3. The van der Waals surface area contributed by atoms with Crippen LogP contribution in [0.2, 0.25) is 0 Å². The highest BCUT2D eigenvalue weighted by Crippen LogP contribution is 2.23. The Morgan fingerprint density at radius 3 is 2.95 bits per heavy atom. The van der Waals surface area contributed by atoms with Gasteiger partial charge in [0.2, 0.25) is 0 Å². The van der Waals surface area contributed by atoms with Crippen molar-refractivity contribution in [3.63, 3.8) is 0 Å². The van der Waals surface area contributed by atoms with E-state index < -0.39 is 0 Å². The van der Waals surface area contributed by atoms with Crippen LogP contribution in [0.4, 0.5) is 0 Å². The number of benzene rings is 1. The van der Waals surface area contributed by atoms with Gasteiger partial charge in [0.05, 0.1) is 30.9 Å². The zero-order chi connectivity index (χ0) is 14.5. The quantitative estimate of drug-likeness (QED) is 0.790. The van der Waals surface area contributed by atoms with Gasteiger partial charge in [-0.2, -0.15) is 0 Å². The van der Waals surface area contributed by atoms with Crippen LogP contribution < -0.4 is 4.74 Å². The molecular formula is C15H20BrNO3. The number of amides is 1. The molecule has 2 atom stereocenters. The lowest BCUT2D eigenvalue weighted by atomic mass is 10.1. The van der Waals surface area contributed by atoms with E-state index in [0.717, 1.165) is 5.33 Å². The number of carbonyl (C=O) groups excluding carboxylic acids is 1. The standard InChI is InChI=1S/C15H20BrNO3/c1-3-19-14-7-5-4-6-13(14)15(18)17-9-12(8-16)20-10-11(17)2/h4-7,11-12H,3,8-10H2,1-2H3. The second-order valence-electron chi connectivity index (χ2n) is 4.85. The van der Waals surface area contributed by atoms with E-state index in [2.05, 4.69) is 15.9 Å². The molecule has 0 spiro atoms. The molecule has 0 N–H and O–H groups in total. The zero-order valence-corrected chi connectivity index (χ0v) is 13.4. The lowest BCUT2D eigenvalue weighted by Crippen LogP contribution is -2.51. The van der Waals surface area contributed by atoms with Gasteiger partial charge in [0, 0.05) is 11.9 Å². The van der Waals surface area contributed by atoms with Gasteiger partial charge in [-0.15, -0.1) is 0 Å². The number of nitrogens with zero attached hydrogens (tertiary/aromatic N) is 1. The molecule has 5 heteroatoms. The minimum Gasteiger partial charge on any atom is -0.493 e. The molecule has 0 aliphatic carbocycles. The molecule has 1 aliphatic rings. The van der Waals surface area contributed by atoms with Gasteiger partial charge in [-0.25, -0.2) is 0 Å². The molecule has 0 bridgehead atoms. The van der Waals surface area contributed by atoms with Crippen LogP contribution in [0.15, 0.2) is 24.3 Å². The summed E-state index contributed by atoms with van der Waals surface area (Å²) in [5.74, 6) is 0.657. The van der Waals surface area contributed by atoms with Crippen molar-refractivity contribution in [3.8, 4) is 5.75 Å². The average Bonchev–Trinajstić information content (AvgIpc) is 2.48. The molecule has 1 aromatic carbocycles. The fourth-order valence-corrected chi connectivity index (χ4v) is 2.66. The Balaban J connectivity index is 2.21. The van der Waals surface area contributed by atoms with E-state index in [1.54, 1.807) is 0 Å². The molecule has 0 aromatic heterocycles. The Morgan fingerprint density at radius 2 is 2.25 bits per heavy atom. The molecule has 1 heterocycles. The number of morpholine rings is 1. The largest absolute Gasteiger partial charge is 0.493 e. The molecule has 0 saturated carbocycles. The zero-order valence-electron chi connectivity index (χ0n) is 11.8. The van der Waals surface area contributed by atoms with Gasteiger partial charge in [-0.05, 0) is 26.0 Å². The molecule has 2 unspecified atom stereocenters. The molecule has 1 aromatic rings.